The third kappa shape index (κ3) is 7.79. The van der Waals surface area contributed by atoms with E-state index < -0.39 is 0 Å². The van der Waals surface area contributed by atoms with Crippen molar-refractivity contribution in [3.05, 3.63) is 40.7 Å². The lowest BCUT2D eigenvalue weighted by Gasteiger charge is -2.35. The van der Waals surface area contributed by atoms with Crippen LogP contribution in [-0.4, -0.2) is 61.8 Å². The highest BCUT2D eigenvalue weighted by molar-refractivity contribution is 14.0. The first-order valence-corrected chi connectivity index (χ1v) is 11.3. The van der Waals surface area contributed by atoms with E-state index in [-0.39, 0.29) is 24.0 Å². The van der Waals surface area contributed by atoms with Crippen LogP contribution in [-0.2, 0) is 11.3 Å². The van der Waals surface area contributed by atoms with E-state index in [1.807, 2.05) is 25.2 Å². The Morgan fingerprint density at radius 1 is 1.20 bits per heavy atom. The summed E-state index contributed by atoms with van der Waals surface area (Å²) < 4.78 is 5.52. The number of nitrogens with one attached hydrogen (secondary N) is 2. The van der Waals surface area contributed by atoms with Crippen LogP contribution in [0.15, 0.2) is 40.7 Å². The molecule has 1 saturated heterocycles. The maximum absolute atomic E-state index is 5.52. The second kappa shape index (κ2) is 13.2. The lowest BCUT2D eigenvalue weighted by molar-refractivity contribution is 0.0132. The molecular weight excluding hydrogens is 509 g/mol. The first-order chi connectivity index (χ1) is 14.2. The molecule has 1 atom stereocenters. The maximum atomic E-state index is 5.52. The molecule has 2 aromatic rings. The number of morpholine rings is 1. The molecule has 8 heteroatoms. The maximum Gasteiger partial charge on any atom is 0.191 e. The number of ether oxygens (including phenoxy) is 1. The van der Waals surface area contributed by atoms with Gasteiger partial charge in [-0.15, -0.1) is 35.3 Å². The van der Waals surface area contributed by atoms with Crippen LogP contribution >= 0.6 is 35.3 Å². The van der Waals surface area contributed by atoms with Crippen LogP contribution in [0, 0.1) is 5.92 Å². The molecule has 0 radical (unpaired) electrons. The van der Waals surface area contributed by atoms with E-state index in [4.69, 9.17) is 9.72 Å². The van der Waals surface area contributed by atoms with E-state index >= 15 is 0 Å². The summed E-state index contributed by atoms with van der Waals surface area (Å²) in [6.45, 7) is 9.79. The minimum Gasteiger partial charge on any atom is -0.379 e. The Hall–Kier alpha value is -1.23. The van der Waals surface area contributed by atoms with Gasteiger partial charge in [-0.2, -0.15) is 0 Å². The summed E-state index contributed by atoms with van der Waals surface area (Å²) in [4.78, 5) is 11.7. The molecule has 1 aromatic carbocycles. The van der Waals surface area contributed by atoms with Gasteiger partial charge in [0.25, 0.3) is 0 Å². The molecule has 2 heterocycles. The number of thiazole rings is 1. The van der Waals surface area contributed by atoms with Gasteiger partial charge >= 0.3 is 0 Å². The Bertz CT molecular complexity index is 762. The summed E-state index contributed by atoms with van der Waals surface area (Å²) in [7, 11) is 1.82. The van der Waals surface area contributed by atoms with Crippen LogP contribution in [0.4, 0.5) is 0 Å². The van der Waals surface area contributed by atoms with E-state index in [0.717, 1.165) is 61.5 Å². The molecule has 2 N–H and O–H groups in total. The summed E-state index contributed by atoms with van der Waals surface area (Å²) in [5, 5.41) is 10.1. The number of halogens is 1. The molecule has 1 aromatic heterocycles. The van der Waals surface area contributed by atoms with Gasteiger partial charge < -0.3 is 15.4 Å². The predicted octanol–water partition coefficient (Wildman–Crippen LogP) is 3.84. The summed E-state index contributed by atoms with van der Waals surface area (Å²) in [6, 6.07) is 10.8. The van der Waals surface area contributed by atoms with E-state index in [1.54, 1.807) is 11.3 Å². The molecule has 6 nitrogen and oxygen atoms in total. The minimum absolute atomic E-state index is 0. The number of guanidine groups is 1. The van der Waals surface area contributed by atoms with Crippen LogP contribution in [0.1, 0.15) is 25.3 Å². The number of nitrogens with zero attached hydrogens (tertiary/aromatic N) is 3. The molecule has 0 amide bonds. The smallest absolute Gasteiger partial charge is 0.191 e. The van der Waals surface area contributed by atoms with Crippen molar-refractivity contribution in [2.24, 2.45) is 10.9 Å². The fourth-order valence-corrected chi connectivity index (χ4v) is 4.32. The normalized spacial score (nSPS) is 16.2. The van der Waals surface area contributed by atoms with Gasteiger partial charge in [-0.05, 0) is 12.3 Å². The number of benzene rings is 1. The average molecular weight is 544 g/mol. The number of rotatable bonds is 8. The van der Waals surface area contributed by atoms with Gasteiger partial charge in [0.05, 0.1) is 25.5 Å². The molecule has 3 rings (SSSR count). The van der Waals surface area contributed by atoms with Crippen molar-refractivity contribution in [1.82, 2.24) is 20.5 Å². The van der Waals surface area contributed by atoms with E-state index in [1.165, 1.54) is 0 Å². The Labute approximate surface area is 201 Å². The molecule has 166 valence electrons. The van der Waals surface area contributed by atoms with Crippen molar-refractivity contribution in [2.75, 3.05) is 39.9 Å². The zero-order valence-corrected chi connectivity index (χ0v) is 21.3. The molecule has 30 heavy (non-hydrogen) atoms. The van der Waals surface area contributed by atoms with Gasteiger partial charge in [-0.1, -0.05) is 44.2 Å². The predicted molar refractivity (Wildman–Crippen MR) is 137 cm³/mol. The molecule has 1 unspecified atom stereocenters. The number of hydrogen-bond donors (Lipinski definition) is 2. The Morgan fingerprint density at radius 3 is 2.60 bits per heavy atom. The van der Waals surface area contributed by atoms with Gasteiger partial charge in [0, 0.05) is 43.7 Å². The van der Waals surface area contributed by atoms with Crippen molar-refractivity contribution >= 4 is 41.3 Å². The Balaban J connectivity index is 0.00000320. The highest BCUT2D eigenvalue weighted by Gasteiger charge is 2.22. The van der Waals surface area contributed by atoms with Gasteiger partial charge in [-0.25, -0.2) is 4.98 Å². The van der Waals surface area contributed by atoms with Crippen molar-refractivity contribution in [1.29, 1.82) is 0 Å². The van der Waals surface area contributed by atoms with Gasteiger partial charge in [0.2, 0.25) is 0 Å². The van der Waals surface area contributed by atoms with Gasteiger partial charge in [0.1, 0.15) is 5.01 Å². The first kappa shape index (κ1) is 25.0. The second-order valence-corrected chi connectivity index (χ2v) is 8.67. The molecule has 1 aliphatic heterocycles. The lowest BCUT2D eigenvalue weighted by Crippen LogP contribution is -2.50. The molecule has 1 fully saturated rings. The van der Waals surface area contributed by atoms with Crippen LogP contribution in [0.3, 0.4) is 0 Å². The van der Waals surface area contributed by atoms with Gasteiger partial charge in [-0.3, -0.25) is 9.89 Å². The summed E-state index contributed by atoms with van der Waals surface area (Å²) in [5.74, 6) is 1.48. The Morgan fingerprint density at radius 2 is 1.93 bits per heavy atom. The third-order valence-corrected chi connectivity index (χ3v) is 5.91. The van der Waals surface area contributed by atoms with E-state index in [9.17, 15) is 0 Å². The zero-order valence-electron chi connectivity index (χ0n) is 18.1. The van der Waals surface area contributed by atoms with Crippen molar-refractivity contribution in [3.8, 4) is 11.3 Å². The topological polar surface area (TPSA) is 61.8 Å². The largest absolute Gasteiger partial charge is 0.379 e. The molecule has 0 aliphatic carbocycles. The number of aromatic nitrogens is 1. The first-order valence-electron chi connectivity index (χ1n) is 10.4. The van der Waals surface area contributed by atoms with Crippen LogP contribution in [0.25, 0.3) is 11.3 Å². The van der Waals surface area contributed by atoms with Gasteiger partial charge in [0.15, 0.2) is 5.96 Å². The molecule has 0 saturated carbocycles. The quantitative estimate of drug-likeness (QED) is 0.301. The van der Waals surface area contributed by atoms with Crippen molar-refractivity contribution < 1.29 is 4.74 Å². The van der Waals surface area contributed by atoms with Crippen LogP contribution < -0.4 is 10.6 Å². The van der Waals surface area contributed by atoms with Crippen molar-refractivity contribution in [3.63, 3.8) is 0 Å². The second-order valence-electron chi connectivity index (χ2n) is 7.73. The number of aliphatic imine (C=N–C) groups is 1. The van der Waals surface area contributed by atoms with E-state index in [2.05, 4.69) is 51.9 Å². The van der Waals surface area contributed by atoms with Crippen LogP contribution in [0.5, 0.6) is 0 Å². The molecule has 0 bridgehead atoms. The fraction of sp³-hybridized carbons (Fsp3) is 0.545. The fourth-order valence-electron chi connectivity index (χ4n) is 3.58. The Kier molecular flexibility index (Phi) is 11.0. The SMILES string of the molecule is CN=C(NCc1nc(-c2ccccc2)cs1)NCC(CC(C)C)N1CCOCC1.I. The highest BCUT2D eigenvalue weighted by atomic mass is 127. The van der Waals surface area contributed by atoms with E-state index in [0.29, 0.717) is 18.5 Å². The standard InChI is InChI=1S/C22H33N5OS.HI/c1-17(2)13-19(27-9-11-28-12-10-27)14-24-22(23-3)25-15-21-26-20(16-29-21)18-7-5-4-6-8-18;/h4-8,16-17,19H,9-15H2,1-3H3,(H2,23,24,25);1H. The summed E-state index contributed by atoms with van der Waals surface area (Å²) in [5.41, 5.74) is 2.18. The minimum atomic E-state index is 0. The molecule has 0 spiro atoms. The van der Waals surface area contributed by atoms with Crippen LogP contribution in [0.2, 0.25) is 0 Å². The summed E-state index contributed by atoms with van der Waals surface area (Å²) in [6.07, 6.45) is 1.16. The lowest BCUT2D eigenvalue weighted by atomic mass is 10.0. The average Bonchev–Trinajstić information content (AvgIpc) is 3.23. The molecular formula is C22H34IN5OS. The molecule has 1 aliphatic rings. The monoisotopic (exact) mass is 543 g/mol. The zero-order chi connectivity index (χ0) is 20.5. The summed E-state index contributed by atoms with van der Waals surface area (Å²) >= 11 is 1.67. The third-order valence-electron chi connectivity index (χ3n) is 5.06. The van der Waals surface area contributed by atoms with Crippen molar-refractivity contribution in [2.45, 2.75) is 32.9 Å². The highest BCUT2D eigenvalue weighted by Crippen LogP contribution is 2.21. The number of hydrogen-bond acceptors (Lipinski definition) is 5.